The van der Waals surface area contributed by atoms with Crippen molar-refractivity contribution in [3.05, 3.63) is 40.4 Å². The molecule has 0 atom stereocenters. The fourth-order valence-corrected chi connectivity index (χ4v) is 2.57. The number of methoxy groups -OCH3 is 1. The first kappa shape index (κ1) is 14.3. The number of nitrogens with one attached hydrogen (secondary N) is 1. The molecule has 0 aliphatic heterocycles. The number of ether oxygens (including phenoxy) is 1. The van der Waals surface area contributed by atoms with Crippen LogP contribution in [0.3, 0.4) is 0 Å². The number of nitrogen functional groups attached to an aromatic ring is 1. The molecule has 0 aliphatic rings. The Kier molecular flexibility index (Phi) is 4.57. The molecule has 20 heavy (non-hydrogen) atoms. The SMILES string of the molecule is COc1ccc(CCNC(=O)c2sc(N)nc2C)cc1. The summed E-state index contributed by atoms with van der Waals surface area (Å²) in [5.74, 6) is 0.707. The van der Waals surface area contributed by atoms with E-state index in [0.717, 1.165) is 17.7 Å². The number of carbonyl (C=O) groups is 1. The molecule has 1 heterocycles. The minimum Gasteiger partial charge on any atom is -0.497 e. The zero-order valence-electron chi connectivity index (χ0n) is 11.5. The van der Waals surface area contributed by atoms with Crippen LogP contribution in [-0.2, 0) is 6.42 Å². The minimum absolute atomic E-state index is 0.120. The Hall–Kier alpha value is -2.08. The second kappa shape index (κ2) is 6.38. The van der Waals surface area contributed by atoms with Gasteiger partial charge in [0.2, 0.25) is 0 Å². The summed E-state index contributed by atoms with van der Waals surface area (Å²) in [5, 5.41) is 3.29. The van der Waals surface area contributed by atoms with E-state index in [0.29, 0.717) is 22.2 Å². The van der Waals surface area contributed by atoms with E-state index in [1.165, 1.54) is 11.3 Å². The molecule has 0 fully saturated rings. The number of rotatable bonds is 5. The number of hydrogen-bond acceptors (Lipinski definition) is 5. The number of amides is 1. The number of hydrogen-bond donors (Lipinski definition) is 2. The maximum absolute atomic E-state index is 12.0. The predicted octanol–water partition coefficient (Wildman–Crippen LogP) is 2.01. The number of carbonyl (C=O) groups excluding carboxylic acids is 1. The maximum Gasteiger partial charge on any atom is 0.263 e. The third-order valence-corrected chi connectivity index (χ3v) is 3.86. The number of anilines is 1. The number of nitrogens with two attached hydrogens (primary N) is 1. The first-order valence-corrected chi connectivity index (χ1v) is 7.06. The van der Waals surface area contributed by atoms with E-state index in [1.807, 2.05) is 24.3 Å². The summed E-state index contributed by atoms with van der Waals surface area (Å²) in [6.07, 6.45) is 0.767. The van der Waals surface area contributed by atoms with Gasteiger partial charge in [-0.05, 0) is 31.0 Å². The van der Waals surface area contributed by atoms with E-state index >= 15 is 0 Å². The van der Waals surface area contributed by atoms with E-state index in [9.17, 15) is 4.79 Å². The van der Waals surface area contributed by atoms with Gasteiger partial charge in [-0.15, -0.1) is 0 Å². The lowest BCUT2D eigenvalue weighted by atomic mass is 10.1. The van der Waals surface area contributed by atoms with Crippen molar-refractivity contribution < 1.29 is 9.53 Å². The summed E-state index contributed by atoms with van der Waals surface area (Å²) >= 11 is 1.21. The molecule has 0 radical (unpaired) electrons. The Labute approximate surface area is 121 Å². The third kappa shape index (κ3) is 3.48. The molecule has 5 nitrogen and oxygen atoms in total. The van der Waals surface area contributed by atoms with Crippen LogP contribution in [0.15, 0.2) is 24.3 Å². The molecule has 0 saturated heterocycles. The Morgan fingerprint density at radius 2 is 2.10 bits per heavy atom. The molecule has 1 amide bonds. The van der Waals surface area contributed by atoms with E-state index in [-0.39, 0.29) is 5.91 Å². The van der Waals surface area contributed by atoms with Crippen molar-refractivity contribution in [3.8, 4) is 5.75 Å². The molecule has 1 aromatic heterocycles. The van der Waals surface area contributed by atoms with Gasteiger partial charge in [-0.2, -0.15) is 0 Å². The van der Waals surface area contributed by atoms with Crippen molar-refractivity contribution in [2.75, 3.05) is 19.4 Å². The molecule has 3 N–H and O–H groups in total. The van der Waals surface area contributed by atoms with Crippen LogP contribution in [-0.4, -0.2) is 24.5 Å². The van der Waals surface area contributed by atoms with Crippen LogP contribution in [0.5, 0.6) is 5.75 Å². The molecule has 0 saturated carbocycles. The van der Waals surface area contributed by atoms with Crippen LogP contribution in [0.4, 0.5) is 5.13 Å². The number of aromatic nitrogens is 1. The molecule has 106 valence electrons. The summed E-state index contributed by atoms with van der Waals surface area (Å²) in [5.41, 5.74) is 7.40. The first-order chi connectivity index (χ1) is 9.60. The van der Waals surface area contributed by atoms with Gasteiger partial charge in [-0.3, -0.25) is 4.79 Å². The number of aryl methyl sites for hydroxylation is 1. The van der Waals surface area contributed by atoms with Gasteiger partial charge in [0, 0.05) is 6.54 Å². The van der Waals surface area contributed by atoms with Gasteiger partial charge in [0.1, 0.15) is 10.6 Å². The Balaban J connectivity index is 1.86. The van der Waals surface area contributed by atoms with Crippen LogP contribution < -0.4 is 15.8 Å². The summed E-state index contributed by atoms with van der Waals surface area (Å²) < 4.78 is 5.10. The summed E-state index contributed by atoms with van der Waals surface area (Å²) in [6.45, 7) is 2.35. The third-order valence-electron chi connectivity index (χ3n) is 2.88. The molecule has 1 aromatic carbocycles. The fourth-order valence-electron chi connectivity index (χ4n) is 1.82. The average Bonchev–Trinajstić information content (AvgIpc) is 2.78. The lowest BCUT2D eigenvalue weighted by Crippen LogP contribution is -2.25. The number of benzene rings is 1. The molecule has 0 unspecified atom stereocenters. The molecule has 2 aromatic rings. The van der Waals surface area contributed by atoms with Gasteiger partial charge in [0.15, 0.2) is 5.13 Å². The molecule has 0 spiro atoms. The zero-order valence-corrected chi connectivity index (χ0v) is 12.3. The second-order valence-electron chi connectivity index (χ2n) is 4.32. The minimum atomic E-state index is -0.120. The highest BCUT2D eigenvalue weighted by molar-refractivity contribution is 7.17. The molecule has 0 aliphatic carbocycles. The summed E-state index contributed by atoms with van der Waals surface area (Å²) in [4.78, 5) is 16.6. The largest absolute Gasteiger partial charge is 0.497 e. The Morgan fingerprint density at radius 1 is 1.40 bits per heavy atom. The van der Waals surface area contributed by atoms with Crippen molar-refractivity contribution in [2.24, 2.45) is 0 Å². The molecular formula is C14H17N3O2S. The number of nitrogens with zero attached hydrogens (tertiary/aromatic N) is 1. The first-order valence-electron chi connectivity index (χ1n) is 6.24. The molecular weight excluding hydrogens is 274 g/mol. The van der Waals surface area contributed by atoms with Crippen molar-refractivity contribution in [3.63, 3.8) is 0 Å². The van der Waals surface area contributed by atoms with E-state index in [1.54, 1.807) is 14.0 Å². The summed E-state index contributed by atoms with van der Waals surface area (Å²) in [7, 11) is 1.64. The lowest BCUT2D eigenvalue weighted by Gasteiger charge is -2.05. The van der Waals surface area contributed by atoms with Crippen molar-refractivity contribution in [2.45, 2.75) is 13.3 Å². The standard InChI is InChI=1S/C14H17N3O2S/c1-9-12(20-14(15)17-9)13(18)16-8-7-10-3-5-11(19-2)6-4-10/h3-6H,7-8H2,1-2H3,(H2,15,17)(H,16,18). The van der Waals surface area contributed by atoms with Gasteiger partial charge < -0.3 is 15.8 Å². The normalized spacial score (nSPS) is 10.3. The molecule has 0 bridgehead atoms. The quantitative estimate of drug-likeness (QED) is 0.883. The highest BCUT2D eigenvalue weighted by Crippen LogP contribution is 2.19. The van der Waals surface area contributed by atoms with Crippen LogP contribution in [0.1, 0.15) is 20.9 Å². The van der Waals surface area contributed by atoms with Crippen molar-refractivity contribution in [1.29, 1.82) is 0 Å². The van der Waals surface area contributed by atoms with Crippen molar-refractivity contribution >= 4 is 22.4 Å². The van der Waals surface area contributed by atoms with Crippen LogP contribution in [0.25, 0.3) is 0 Å². The maximum atomic E-state index is 12.0. The predicted molar refractivity (Wildman–Crippen MR) is 80.3 cm³/mol. The van der Waals surface area contributed by atoms with E-state index in [2.05, 4.69) is 10.3 Å². The van der Waals surface area contributed by atoms with Crippen LogP contribution in [0.2, 0.25) is 0 Å². The van der Waals surface area contributed by atoms with Crippen LogP contribution >= 0.6 is 11.3 Å². The van der Waals surface area contributed by atoms with Crippen LogP contribution in [0, 0.1) is 6.92 Å². The Morgan fingerprint density at radius 3 is 2.65 bits per heavy atom. The van der Waals surface area contributed by atoms with Gasteiger partial charge in [0.25, 0.3) is 5.91 Å². The smallest absolute Gasteiger partial charge is 0.263 e. The average molecular weight is 291 g/mol. The van der Waals surface area contributed by atoms with E-state index < -0.39 is 0 Å². The highest BCUT2D eigenvalue weighted by Gasteiger charge is 2.13. The van der Waals surface area contributed by atoms with Gasteiger partial charge >= 0.3 is 0 Å². The highest BCUT2D eigenvalue weighted by atomic mass is 32.1. The van der Waals surface area contributed by atoms with Crippen molar-refractivity contribution in [1.82, 2.24) is 10.3 Å². The second-order valence-corrected chi connectivity index (χ2v) is 5.35. The number of thiazole rings is 1. The van der Waals surface area contributed by atoms with Gasteiger partial charge in [-0.25, -0.2) is 4.98 Å². The fraction of sp³-hybridized carbons (Fsp3) is 0.286. The van der Waals surface area contributed by atoms with E-state index in [4.69, 9.17) is 10.5 Å². The molecule has 2 rings (SSSR count). The zero-order chi connectivity index (χ0) is 14.5. The Bertz CT molecular complexity index is 593. The van der Waals surface area contributed by atoms with Gasteiger partial charge in [-0.1, -0.05) is 23.5 Å². The monoisotopic (exact) mass is 291 g/mol. The summed E-state index contributed by atoms with van der Waals surface area (Å²) in [6, 6.07) is 7.79. The molecule has 6 heteroatoms. The van der Waals surface area contributed by atoms with Gasteiger partial charge in [0.05, 0.1) is 12.8 Å². The lowest BCUT2D eigenvalue weighted by molar-refractivity contribution is 0.0957. The topological polar surface area (TPSA) is 77.2 Å².